The molecule has 2 rings (SSSR count). The van der Waals surface area contributed by atoms with Crippen LogP contribution in [-0.4, -0.2) is 39.7 Å². The Hall–Kier alpha value is -2.21. The number of para-hydroxylation sites is 1. The summed E-state index contributed by atoms with van der Waals surface area (Å²) in [6.45, 7) is 1.19. The van der Waals surface area contributed by atoms with E-state index in [1.807, 2.05) is 0 Å². The summed E-state index contributed by atoms with van der Waals surface area (Å²) in [6.07, 6.45) is 0.763. The van der Waals surface area contributed by atoms with E-state index in [9.17, 15) is 13.2 Å². The number of ether oxygens (including phenoxy) is 1. The van der Waals surface area contributed by atoms with E-state index in [4.69, 9.17) is 17.0 Å². The summed E-state index contributed by atoms with van der Waals surface area (Å²) in [5.74, 6) is -0.527. The van der Waals surface area contributed by atoms with Crippen LogP contribution < -0.4 is 20.9 Å². The van der Waals surface area contributed by atoms with E-state index in [0.717, 1.165) is 17.8 Å². The molecule has 0 fully saturated rings. The number of carbonyl (C=O) groups is 1. The maximum Gasteiger partial charge on any atom is 0.271 e. The number of hydrazine groups is 1. The van der Waals surface area contributed by atoms with Gasteiger partial charge in [0.05, 0.1) is 11.3 Å². The number of thiocarbonyl (C=S) groups is 1. The monoisotopic (exact) mass is 428 g/mol. The summed E-state index contributed by atoms with van der Waals surface area (Å²) in [5, 5.41) is 4.82. The lowest BCUT2D eigenvalue weighted by Gasteiger charge is -2.14. The van der Waals surface area contributed by atoms with Crippen LogP contribution in [0.15, 0.2) is 46.0 Å². The molecular weight excluding hydrogens is 408 g/mol. The van der Waals surface area contributed by atoms with E-state index < -0.39 is 15.9 Å². The first kappa shape index (κ1) is 21.1. The molecule has 2 aromatic rings. The minimum atomic E-state index is -3.76. The molecule has 146 valence electrons. The number of hydrogen-bond donors (Lipinski definition) is 4. The van der Waals surface area contributed by atoms with Crippen LogP contribution in [-0.2, 0) is 14.8 Å². The van der Waals surface area contributed by atoms with Crippen molar-refractivity contribution in [2.45, 2.75) is 10.6 Å². The lowest BCUT2D eigenvalue weighted by Crippen LogP contribution is -2.47. The van der Waals surface area contributed by atoms with Gasteiger partial charge in [0.25, 0.3) is 15.9 Å². The number of anilines is 1. The van der Waals surface area contributed by atoms with Gasteiger partial charge in [0.1, 0.15) is 4.21 Å². The van der Waals surface area contributed by atoms with E-state index in [2.05, 4.69) is 20.9 Å². The fourth-order valence-corrected chi connectivity index (χ4v) is 4.25. The minimum Gasteiger partial charge on any atom is -0.385 e. The second kappa shape index (κ2) is 10.2. The van der Waals surface area contributed by atoms with Crippen molar-refractivity contribution in [3.8, 4) is 0 Å². The molecule has 0 atom stereocenters. The predicted octanol–water partition coefficient (Wildman–Crippen LogP) is 1.69. The van der Waals surface area contributed by atoms with E-state index in [1.54, 1.807) is 30.7 Å². The van der Waals surface area contributed by atoms with Crippen molar-refractivity contribution in [1.82, 2.24) is 16.2 Å². The van der Waals surface area contributed by atoms with Crippen molar-refractivity contribution in [2.24, 2.45) is 0 Å². The van der Waals surface area contributed by atoms with Gasteiger partial charge < -0.3 is 10.1 Å². The van der Waals surface area contributed by atoms with Crippen molar-refractivity contribution >= 4 is 50.3 Å². The molecule has 1 aromatic heterocycles. The van der Waals surface area contributed by atoms with Crippen molar-refractivity contribution < 1.29 is 17.9 Å². The summed E-state index contributed by atoms with van der Waals surface area (Å²) in [4.78, 5) is 12.4. The Morgan fingerprint density at radius 3 is 2.67 bits per heavy atom. The zero-order valence-corrected chi connectivity index (χ0v) is 17.0. The largest absolute Gasteiger partial charge is 0.385 e. The highest BCUT2D eigenvalue weighted by molar-refractivity contribution is 7.94. The summed E-state index contributed by atoms with van der Waals surface area (Å²) in [6, 6.07) is 9.44. The third-order valence-corrected chi connectivity index (χ3v) is 6.29. The van der Waals surface area contributed by atoms with E-state index in [1.165, 1.54) is 18.2 Å². The Labute approximate surface area is 167 Å². The van der Waals surface area contributed by atoms with Crippen LogP contribution >= 0.6 is 23.6 Å². The van der Waals surface area contributed by atoms with Crippen molar-refractivity contribution in [3.05, 3.63) is 47.3 Å². The molecule has 8 nitrogen and oxygen atoms in total. The number of nitrogens with one attached hydrogen (secondary N) is 4. The molecule has 0 saturated carbocycles. The lowest BCUT2D eigenvalue weighted by atomic mass is 10.2. The standard InChI is InChI=1S/C16H20N4O4S3/c1-24-10-5-9-17-16(25)19-18-15(21)12-6-2-3-7-13(12)20-27(22,23)14-8-4-11-26-14/h2-4,6-8,11,20H,5,9-10H2,1H3,(H,18,21)(H2,17,19,25). The zero-order valence-electron chi connectivity index (χ0n) is 14.5. The van der Waals surface area contributed by atoms with Crippen LogP contribution in [0.2, 0.25) is 0 Å². The van der Waals surface area contributed by atoms with Gasteiger partial charge >= 0.3 is 0 Å². The summed E-state index contributed by atoms with van der Waals surface area (Å²) in [7, 11) is -2.14. The molecule has 0 radical (unpaired) electrons. The van der Waals surface area contributed by atoms with Gasteiger partial charge in [0, 0.05) is 20.3 Å². The number of thiophene rings is 1. The molecule has 4 N–H and O–H groups in total. The topological polar surface area (TPSA) is 109 Å². The number of amides is 1. The molecule has 11 heteroatoms. The van der Waals surface area contributed by atoms with Crippen LogP contribution in [0, 0.1) is 0 Å². The molecule has 0 aliphatic rings. The number of carbonyl (C=O) groups excluding carboxylic acids is 1. The van der Waals surface area contributed by atoms with Crippen molar-refractivity contribution in [1.29, 1.82) is 0 Å². The van der Waals surface area contributed by atoms with E-state index in [0.29, 0.717) is 13.2 Å². The van der Waals surface area contributed by atoms with Gasteiger partial charge in [-0.2, -0.15) is 0 Å². The third kappa shape index (κ3) is 6.47. The number of benzene rings is 1. The first-order valence-electron chi connectivity index (χ1n) is 7.92. The second-order valence-corrected chi connectivity index (χ2v) is 8.53. The smallest absolute Gasteiger partial charge is 0.271 e. The molecule has 1 heterocycles. The highest BCUT2D eigenvalue weighted by Gasteiger charge is 2.19. The Kier molecular flexibility index (Phi) is 7.98. The molecule has 1 aromatic carbocycles. The Morgan fingerprint density at radius 1 is 1.19 bits per heavy atom. The molecular formula is C16H20N4O4S3. The Balaban J connectivity index is 1.98. The maximum atomic E-state index is 12.4. The summed E-state index contributed by atoms with van der Waals surface area (Å²) < 4.78 is 32.3. The minimum absolute atomic E-state index is 0.160. The molecule has 0 aliphatic carbocycles. The van der Waals surface area contributed by atoms with Gasteiger partial charge in [-0.1, -0.05) is 18.2 Å². The SMILES string of the molecule is COCCCNC(=S)NNC(=O)c1ccccc1NS(=O)(=O)c1cccs1. The van der Waals surface area contributed by atoms with E-state index >= 15 is 0 Å². The summed E-state index contributed by atoms with van der Waals surface area (Å²) >= 11 is 6.15. The highest BCUT2D eigenvalue weighted by atomic mass is 32.2. The Bertz CT molecular complexity index is 870. The molecule has 0 spiro atoms. The van der Waals surface area contributed by atoms with Crippen LogP contribution in [0.25, 0.3) is 0 Å². The molecule has 0 saturated heterocycles. The number of methoxy groups -OCH3 is 1. The van der Waals surface area contributed by atoms with E-state index in [-0.39, 0.29) is 20.6 Å². The molecule has 1 amide bonds. The highest BCUT2D eigenvalue weighted by Crippen LogP contribution is 2.22. The maximum absolute atomic E-state index is 12.4. The Morgan fingerprint density at radius 2 is 1.96 bits per heavy atom. The second-order valence-electron chi connectivity index (χ2n) is 5.26. The van der Waals surface area contributed by atoms with Crippen LogP contribution in [0.1, 0.15) is 16.8 Å². The van der Waals surface area contributed by atoms with Crippen LogP contribution in [0.3, 0.4) is 0 Å². The van der Waals surface area contributed by atoms with Crippen LogP contribution in [0.4, 0.5) is 5.69 Å². The number of hydrogen-bond acceptors (Lipinski definition) is 6. The van der Waals surface area contributed by atoms with Crippen molar-refractivity contribution in [2.75, 3.05) is 25.0 Å². The average Bonchev–Trinajstić information content (AvgIpc) is 3.19. The first-order chi connectivity index (χ1) is 12.9. The van der Waals surface area contributed by atoms with Gasteiger partial charge in [-0.3, -0.25) is 20.4 Å². The van der Waals surface area contributed by atoms with Crippen molar-refractivity contribution in [3.63, 3.8) is 0 Å². The van der Waals surface area contributed by atoms with Gasteiger partial charge in [0.15, 0.2) is 5.11 Å². The number of sulfonamides is 1. The zero-order chi connectivity index (χ0) is 19.7. The molecule has 0 unspecified atom stereocenters. The first-order valence-corrected chi connectivity index (χ1v) is 10.7. The molecule has 0 aliphatic heterocycles. The van der Waals surface area contributed by atoms with Crippen LogP contribution in [0.5, 0.6) is 0 Å². The fraction of sp³-hybridized carbons (Fsp3) is 0.250. The quantitative estimate of drug-likeness (QED) is 0.288. The normalized spacial score (nSPS) is 10.9. The van der Waals surface area contributed by atoms with Gasteiger partial charge in [-0.25, -0.2) is 8.42 Å². The van der Waals surface area contributed by atoms with Gasteiger partial charge in [-0.15, -0.1) is 11.3 Å². The lowest BCUT2D eigenvalue weighted by molar-refractivity contribution is 0.0944. The third-order valence-electron chi connectivity index (χ3n) is 3.28. The average molecular weight is 429 g/mol. The van der Waals surface area contributed by atoms with Gasteiger partial charge in [-0.05, 0) is 42.2 Å². The summed E-state index contributed by atoms with van der Waals surface area (Å²) in [5.41, 5.74) is 5.35. The fourth-order valence-electron chi connectivity index (χ4n) is 2.03. The molecule has 0 bridgehead atoms. The predicted molar refractivity (Wildman–Crippen MR) is 109 cm³/mol. The molecule has 27 heavy (non-hydrogen) atoms. The van der Waals surface area contributed by atoms with Gasteiger partial charge in [0.2, 0.25) is 0 Å². The number of rotatable bonds is 8.